The van der Waals surface area contributed by atoms with Crippen LogP contribution in [-0.2, 0) is 6.54 Å². The van der Waals surface area contributed by atoms with E-state index in [9.17, 15) is 4.39 Å². The predicted octanol–water partition coefficient (Wildman–Crippen LogP) is 3.05. The predicted molar refractivity (Wildman–Crippen MR) is 85.7 cm³/mol. The lowest BCUT2D eigenvalue weighted by molar-refractivity contribution is 0.0839. The summed E-state index contributed by atoms with van der Waals surface area (Å²) in [5.74, 6) is 1.06. The fraction of sp³-hybridized carbons (Fsp3) is 0.500. The van der Waals surface area contributed by atoms with Crippen LogP contribution >= 0.6 is 11.6 Å². The van der Waals surface area contributed by atoms with Gasteiger partial charge in [0.05, 0.1) is 6.04 Å². The van der Waals surface area contributed by atoms with E-state index in [1.165, 1.54) is 6.07 Å². The molecule has 1 fully saturated rings. The Balaban J connectivity index is 1.58. The third-order valence-corrected chi connectivity index (χ3v) is 4.65. The van der Waals surface area contributed by atoms with Gasteiger partial charge in [0.1, 0.15) is 5.82 Å². The molecule has 0 amide bonds. The van der Waals surface area contributed by atoms with E-state index < -0.39 is 0 Å². The van der Waals surface area contributed by atoms with Crippen molar-refractivity contribution in [2.24, 2.45) is 0 Å². The molecule has 0 bridgehead atoms. The molecule has 23 heavy (non-hydrogen) atoms. The molecule has 0 aliphatic carbocycles. The molecule has 0 spiro atoms. The van der Waals surface area contributed by atoms with Crippen molar-refractivity contribution in [2.45, 2.75) is 26.4 Å². The molecule has 2 aromatic rings. The monoisotopic (exact) mass is 338 g/mol. The highest BCUT2D eigenvalue weighted by molar-refractivity contribution is 6.31. The van der Waals surface area contributed by atoms with Crippen molar-refractivity contribution in [1.29, 1.82) is 0 Å². The Kier molecular flexibility index (Phi) is 4.94. The summed E-state index contributed by atoms with van der Waals surface area (Å²) in [5.41, 5.74) is 0.572. The van der Waals surface area contributed by atoms with E-state index >= 15 is 0 Å². The van der Waals surface area contributed by atoms with E-state index in [0.717, 1.165) is 26.2 Å². The molecule has 2 heterocycles. The minimum Gasteiger partial charge on any atom is -0.338 e. The van der Waals surface area contributed by atoms with E-state index in [4.69, 9.17) is 16.1 Å². The molecule has 3 rings (SSSR count). The Bertz CT molecular complexity index is 650. The molecule has 1 aliphatic rings. The first kappa shape index (κ1) is 16.4. The first-order chi connectivity index (χ1) is 11.0. The molecule has 0 unspecified atom stereocenters. The lowest BCUT2D eigenvalue weighted by Gasteiger charge is -2.36. The Hall–Kier alpha value is -1.50. The quantitative estimate of drug-likeness (QED) is 0.857. The number of benzene rings is 1. The zero-order valence-corrected chi connectivity index (χ0v) is 14.1. The number of rotatable bonds is 4. The lowest BCUT2D eigenvalue weighted by atomic mass is 10.1. The van der Waals surface area contributed by atoms with Crippen LogP contribution in [0.3, 0.4) is 0 Å². The number of halogens is 2. The van der Waals surface area contributed by atoms with Gasteiger partial charge in [-0.25, -0.2) is 4.39 Å². The van der Waals surface area contributed by atoms with Gasteiger partial charge in [-0.05, 0) is 26.0 Å². The SMILES string of the molecule is Cc1noc([C@H](C)N2CCN(Cc3c(F)cccc3Cl)CC2)n1. The first-order valence-corrected chi connectivity index (χ1v) is 8.12. The Labute approximate surface area is 140 Å². The van der Waals surface area contributed by atoms with Gasteiger partial charge in [0.15, 0.2) is 5.82 Å². The van der Waals surface area contributed by atoms with Crippen molar-refractivity contribution >= 4 is 11.6 Å². The number of piperazine rings is 1. The van der Waals surface area contributed by atoms with Crippen LogP contribution in [0.25, 0.3) is 0 Å². The molecule has 1 aliphatic heterocycles. The van der Waals surface area contributed by atoms with Crippen molar-refractivity contribution < 1.29 is 8.91 Å². The van der Waals surface area contributed by atoms with Gasteiger partial charge in [0, 0.05) is 43.3 Å². The summed E-state index contributed by atoms with van der Waals surface area (Å²) < 4.78 is 19.1. The standard InChI is InChI=1S/C16H20ClFN4O/c1-11(16-19-12(2)20-23-16)22-8-6-21(7-9-22)10-13-14(17)4-3-5-15(13)18/h3-5,11H,6-10H2,1-2H3/t11-/m0/s1. The highest BCUT2D eigenvalue weighted by atomic mass is 35.5. The van der Waals surface area contributed by atoms with Crippen LogP contribution in [0.2, 0.25) is 5.02 Å². The summed E-state index contributed by atoms with van der Waals surface area (Å²) in [6.45, 7) is 7.85. The topological polar surface area (TPSA) is 45.4 Å². The zero-order valence-electron chi connectivity index (χ0n) is 13.3. The lowest BCUT2D eigenvalue weighted by Crippen LogP contribution is -2.46. The molecule has 5 nitrogen and oxygen atoms in total. The van der Waals surface area contributed by atoms with Crippen LogP contribution in [0.15, 0.2) is 22.7 Å². The van der Waals surface area contributed by atoms with Crippen LogP contribution in [-0.4, -0.2) is 46.1 Å². The van der Waals surface area contributed by atoms with Gasteiger partial charge in [-0.2, -0.15) is 4.98 Å². The molecule has 1 aromatic heterocycles. The third-order valence-electron chi connectivity index (χ3n) is 4.30. The zero-order chi connectivity index (χ0) is 16.4. The van der Waals surface area contributed by atoms with Crippen LogP contribution < -0.4 is 0 Å². The summed E-state index contributed by atoms with van der Waals surface area (Å²) in [6.07, 6.45) is 0. The maximum absolute atomic E-state index is 13.9. The van der Waals surface area contributed by atoms with Crippen molar-refractivity contribution in [1.82, 2.24) is 19.9 Å². The number of hydrogen-bond donors (Lipinski definition) is 0. The molecule has 1 aromatic carbocycles. The highest BCUT2D eigenvalue weighted by Crippen LogP contribution is 2.23. The molecule has 1 saturated heterocycles. The number of nitrogens with zero attached hydrogens (tertiary/aromatic N) is 4. The molecule has 7 heteroatoms. The minimum absolute atomic E-state index is 0.0930. The van der Waals surface area contributed by atoms with Crippen LogP contribution in [0.5, 0.6) is 0 Å². The maximum atomic E-state index is 13.9. The van der Waals surface area contributed by atoms with Crippen LogP contribution in [0, 0.1) is 12.7 Å². The van der Waals surface area contributed by atoms with E-state index in [2.05, 4.69) is 26.9 Å². The fourth-order valence-corrected chi connectivity index (χ4v) is 3.08. The van der Waals surface area contributed by atoms with Crippen molar-refractivity contribution in [3.05, 3.63) is 46.3 Å². The largest absolute Gasteiger partial charge is 0.338 e. The second kappa shape index (κ2) is 6.95. The van der Waals surface area contributed by atoms with E-state index in [1.54, 1.807) is 12.1 Å². The fourth-order valence-electron chi connectivity index (χ4n) is 2.85. The normalized spacial score (nSPS) is 18.3. The molecule has 0 N–H and O–H groups in total. The average Bonchev–Trinajstić information content (AvgIpc) is 2.97. The van der Waals surface area contributed by atoms with Gasteiger partial charge in [-0.3, -0.25) is 9.80 Å². The van der Waals surface area contributed by atoms with Gasteiger partial charge >= 0.3 is 0 Å². The summed E-state index contributed by atoms with van der Waals surface area (Å²) in [4.78, 5) is 8.81. The van der Waals surface area contributed by atoms with Gasteiger partial charge in [-0.1, -0.05) is 22.8 Å². The maximum Gasteiger partial charge on any atom is 0.243 e. The molecule has 0 radical (unpaired) electrons. The number of hydrogen-bond acceptors (Lipinski definition) is 5. The molecular formula is C16H20ClFN4O. The van der Waals surface area contributed by atoms with Gasteiger partial charge in [0.25, 0.3) is 0 Å². The van der Waals surface area contributed by atoms with Gasteiger partial charge in [-0.15, -0.1) is 0 Å². The summed E-state index contributed by atoms with van der Waals surface area (Å²) in [6, 6.07) is 4.91. The summed E-state index contributed by atoms with van der Waals surface area (Å²) in [7, 11) is 0. The average molecular weight is 339 g/mol. The summed E-state index contributed by atoms with van der Waals surface area (Å²) in [5, 5.41) is 4.33. The molecular weight excluding hydrogens is 319 g/mol. The minimum atomic E-state index is -0.241. The number of aryl methyl sites for hydroxylation is 1. The first-order valence-electron chi connectivity index (χ1n) is 7.74. The smallest absolute Gasteiger partial charge is 0.243 e. The van der Waals surface area contributed by atoms with E-state index in [-0.39, 0.29) is 11.9 Å². The molecule has 124 valence electrons. The van der Waals surface area contributed by atoms with Crippen LogP contribution in [0.4, 0.5) is 4.39 Å². The van der Waals surface area contributed by atoms with E-state index in [1.807, 2.05) is 6.92 Å². The van der Waals surface area contributed by atoms with Crippen molar-refractivity contribution in [3.8, 4) is 0 Å². The van der Waals surface area contributed by atoms with Gasteiger partial charge in [0.2, 0.25) is 5.89 Å². The second-order valence-corrected chi connectivity index (χ2v) is 6.28. The summed E-state index contributed by atoms with van der Waals surface area (Å²) >= 11 is 6.11. The highest BCUT2D eigenvalue weighted by Gasteiger charge is 2.26. The van der Waals surface area contributed by atoms with Gasteiger partial charge < -0.3 is 4.52 Å². The Morgan fingerprint density at radius 2 is 2.04 bits per heavy atom. The van der Waals surface area contributed by atoms with Crippen molar-refractivity contribution in [3.63, 3.8) is 0 Å². The second-order valence-electron chi connectivity index (χ2n) is 5.87. The third kappa shape index (κ3) is 3.71. The number of aromatic nitrogens is 2. The van der Waals surface area contributed by atoms with Crippen LogP contribution in [0.1, 0.15) is 30.2 Å². The Morgan fingerprint density at radius 1 is 1.30 bits per heavy atom. The van der Waals surface area contributed by atoms with Crippen molar-refractivity contribution in [2.75, 3.05) is 26.2 Å². The Morgan fingerprint density at radius 3 is 2.65 bits per heavy atom. The molecule has 0 saturated carbocycles. The molecule has 1 atom stereocenters. The van der Waals surface area contributed by atoms with E-state index in [0.29, 0.717) is 28.8 Å².